The van der Waals surface area contributed by atoms with Crippen molar-refractivity contribution in [2.45, 2.75) is 17.7 Å². The number of nitrogens with zero attached hydrogens (tertiary/aromatic N) is 2. The van der Waals surface area contributed by atoms with E-state index in [0.717, 1.165) is 20.7 Å². The molecule has 4 rings (SSSR count). The quantitative estimate of drug-likeness (QED) is 0.367. The highest BCUT2D eigenvalue weighted by atomic mass is 32.2. The van der Waals surface area contributed by atoms with Gasteiger partial charge in [-0.2, -0.15) is 0 Å². The maximum atomic E-state index is 13.0. The number of pyridine rings is 1. The molecule has 4 aromatic rings. The van der Waals surface area contributed by atoms with Crippen LogP contribution < -0.4 is 5.32 Å². The van der Waals surface area contributed by atoms with Crippen molar-refractivity contribution in [3.63, 3.8) is 0 Å². The maximum Gasteiger partial charge on any atom is 0.257 e. The van der Waals surface area contributed by atoms with Gasteiger partial charge in [-0.1, -0.05) is 18.2 Å². The van der Waals surface area contributed by atoms with Gasteiger partial charge in [-0.3, -0.25) is 4.79 Å². The summed E-state index contributed by atoms with van der Waals surface area (Å²) in [5, 5.41) is 4.62. The zero-order chi connectivity index (χ0) is 20.9. The van der Waals surface area contributed by atoms with Crippen molar-refractivity contribution >= 4 is 34.7 Å². The molecule has 1 N–H and O–H groups in total. The van der Waals surface area contributed by atoms with Crippen molar-refractivity contribution in [1.29, 1.82) is 0 Å². The molecule has 7 heteroatoms. The molecular formula is C23H18FN3OS2. The fourth-order valence-corrected chi connectivity index (χ4v) is 4.36. The fraction of sp³-hybridized carbons (Fsp3) is 0.0870. The summed E-state index contributed by atoms with van der Waals surface area (Å²) in [7, 11) is 0. The molecule has 0 aliphatic carbocycles. The average molecular weight is 436 g/mol. The molecule has 1 amide bonds. The van der Waals surface area contributed by atoms with Crippen molar-refractivity contribution < 1.29 is 9.18 Å². The third-order valence-electron chi connectivity index (χ3n) is 4.32. The number of thiazole rings is 1. The lowest BCUT2D eigenvalue weighted by atomic mass is 10.1. The van der Waals surface area contributed by atoms with Crippen LogP contribution in [0.2, 0.25) is 0 Å². The van der Waals surface area contributed by atoms with Crippen LogP contribution in [0.1, 0.15) is 20.9 Å². The van der Waals surface area contributed by atoms with E-state index in [1.165, 1.54) is 35.4 Å². The normalized spacial score (nSPS) is 10.7. The molecule has 0 radical (unpaired) electrons. The summed E-state index contributed by atoms with van der Waals surface area (Å²) in [6.45, 7) is 2.00. The molecule has 2 aromatic heterocycles. The van der Waals surface area contributed by atoms with Crippen LogP contribution in [0.5, 0.6) is 0 Å². The number of thioether (sulfide) groups is 1. The summed E-state index contributed by atoms with van der Waals surface area (Å²) in [5.41, 5.74) is 3.35. The second kappa shape index (κ2) is 9.19. The fourth-order valence-electron chi connectivity index (χ4n) is 2.80. The lowest BCUT2D eigenvalue weighted by Crippen LogP contribution is -2.12. The van der Waals surface area contributed by atoms with Gasteiger partial charge in [0, 0.05) is 23.8 Å². The van der Waals surface area contributed by atoms with Crippen LogP contribution in [0.25, 0.3) is 10.4 Å². The van der Waals surface area contributed by atoms with Gasteiger partial charge in [-0.25, -0.2) is 14.4 Å². The Morgan fingerprint density at radius 3 is 2.60 bits per heavy atom. The first-order valence-corrected chi connectivity index (χ1v) is 11.0. The zero-order valence-corrected chi connectivity index (χ0v) is 17.8. The minimum Gasteiger partial charge on any atom is -0.322 e. The van der Waals surface area contributed by atoms with Crippen molar-refractivity contribution in [3.8, 4) is 10.4 Å². The van der Waals surface area contributed by atoms with Gasteiger partial charge in [0.05, 0.1) is 20.5 Å². The predicted molar refractivity (Wildman–Crippen MR) is 120 cm³/mol. The van der Waals surface area contributed by atoms with Gasteiger partial charge in [-0.05, 0) is 60.5 Å². The molecule has 0 aliphatic rings. The number of hydrogen-bond donors (Lipinski definition) is 1. The van der Waals surface area contributed by atoms with E-state index in [1.54, 1.807) is 35.4 Å². The Balaban J connectivity index is 1.37. The molecule has 2 aromatic carbocycles. The molecule has 0 saturated heterocycles. The van der Waals surface area contributed by atoms with Crippen LogP contribution in [0, 0.1) is 12.7 Å². The number of halogens is 1. The second-order valence-electron chi connectivity index (χ2n) is 6.58. The SMILES string of the molecule is Cc1ncc(-c2cccc(CSc3ccc(C(=O)Nc4ccc(F)cc4)cn3)c2)s1. The molecule has 4 nitrogen and oxygen atoms in total. The van der Waals surface area contributed by atoms with Crippen LogP contribution >= 0.6 is 23.1 Å². The van der Waals surface area contributed by atoms with Gasteiger partial charge >= 0.3 is 0 Å². The first-order valence-electron chi connectivity index (χ1n) is 9.24. The largest absolute Gasteiger partial charge is 0.322 e. The number of benzene rings is 2. The van der Waals surface area contributed by atoms with E-state index >= 15 is 0 Å². The number of rotatable bonds is 6. The number of carbonyl (C=O) groups is 1. The second-order valence-corrected chi connectivity index (χ2v) is 8.81. The molecular weight excluding hydrogens is 417 g/mol. The first-order chi connectivity index (χ1) is 14.6. The molecule has 0 atom stereocenters. The van der Waals surface area contributed by atoms with Crippen LogP contribution in [-0.4, -0.2) is 15.9 Å². The molecule has 0 aliphatic heterocycles. The minimum atomic E-state index is -0.344. The van der Waals surface area contributed by atoms with E-state index in [2.05, 4.69) is 39.6 Å². The summed E-state index contributed by atoms with van der Waals surface area (Å²) in [5.74, 6) is 0.154. The van der Waals surface area contributed by atoms with Gasteiger partial charge in [0.2, 0.25) is 0 Å². The van der Waals surface area contributed by atoms with Gasteiger partial charge in [0.25, 0.3) is 5.91 Å². The number of aryl methyl sites for hydroxylation is 1. The third kappa shape index (κ3) is 5.11. The number of nitrogens with one attached hydrogen (secondary N) is 1. The van der Waals surface area contributed by atoms with E-state index in [0.29, 0.717) is 11.3 Å². The van der Waals surface area contributed by atoms with Gasteiger partial charge in [-0.15, -0.1) is 23.1 Å². The molecule has 0 saturated carbocycles. The van der Waals surface area contributed by atoms with Crippen LogP contribution in [0.4, 0.5) is 10.1 Å². The van der Waals surface area contributed by atoms with Crippen molar-refractivity contribution in [2.75, 3.05) is 5.32 Å². The number of amides is 1. The standard InChI is InChI=1S/C23H18FN3OS2/c1-15-25-13-21(30-15)17-4-2-3-16(11-17)14-29-22-10-5-18(12-26-22)23(28)27-20-8-6-19(24)7-9-20/h2-13H,14H2,1H3,(H,27,28). The van der Waals surface area contributed by atoms with E-state index < -0.39 is 0 Å². The van der Waals surface area contributed by atoms with Gasteiger partial charge in [0.1, 0.15) is 5.82 Å². The Kier molecular flexibility index (Phi) is 6.21. The molecule has 2 heterocycles. The molecule has 0 unspecified atom stereocenters. The average Bonchev–Trinajstić information content (AvgIpc) is 3.21. The number of aromatic nitrogens is 2. The number of anilines is 1. The minimum absolute atomic E-state index is 0.279. The Morgan fingerprint density at radius 2 is 1.90 bits per heavy atom. The van der Waals surface area contributed by atoms with Crippen LogP contribution in [0.15, 0.2) is 78.1 Å². The Morgan fingerprint density at radius 1 is 1.07 bits per heavy atom. The molecule has 0 fully saturated rings. The molecule has 0 spiro atoms. The van der Waals surface area contributed by atoms with Gasteiger partial charge in [0.15, 0.2) is 0 Å². The summed E-state index contributed by atoms with van der Waals surface area (Å²) in [6.07, 6.45) is 3.46. The monoisotopic (exact) mass is 435 g/mol. The molecule has 30 heavy (non-hydrogen) atoms. The van der Waals surface area contributed by atoms with E-state index in [1.807, 2.05) is 19.2 Å². The topological polar surface area (TPSA) is 54.9 Å². The lowest BCUT2D eigenvalue weighted by Gasteiger charge is -2.06. The Bertz CT molecular complexity index is 1160. The highest BCUT2D eigenvalue weighted by Crippen LogP contribution is 2.28. The predicted octanol–water partition coefficient (Wildman–Crippen LogP) is 6.20. The molecule has 0 bridgehead atoms. The molecule has 150 valence electrons. The summed E-state index contributed by atoms with van der Waals surface area (Å²) in [4.78, 5) is 22.2. The van der Waals surface area contributed by atoms with Crippen molar-refractivity contribution in [3.05, 3.63) is 95.0 Å². The number of hydrogen-bond acceptors (Lipinski definition) is 5. The summed E-state index contributed by atoms with van der Waals surface area (Å²) >= 11 is 3.29. The zero-order valence-electron chi connectivity index (χ0n) is 16.1. The van der Waals surface area contributed by atoms with E-state index in [-0.39, 0.29) is 11.7 Å². The number of carbonyl (C=O) groups excluding carboxylic acids is 1. The smallest absolute Gasteiger partial charge is 0.257 e. The van der Waals surface area contributed by atoms with Crippen LogP contribution in [0.3, 0.4) is 0 Å². The van der Waals surface area contributed by atoms with Crippen molar-refractivity contribution in [2.24, 2.45) is 0 Å². The van der Waals surface area contributed by atoms with E-state index in [9.17, 15) is 9.18 Å². The van der Waals surface area contributed by atoms with E-state index in [4.69, 9.17) is 0 Å². The summed E-state index contributed by atoms with van der Waals surface area (Å²) in [6, 6.07) is 17.6. The maximum absolute atomic E-state index is 13.0. The third-order valence-corrected chi connectivity index (χ3v) is 6.30. The van der Waals surface area contributed by atoms with Crippen LogP contribution in [-0.2, 0) is 5.75 Å². The van der Waals surface area contributed by atoms with Crippen molar-refractivity contribution in [1.82, 2.24) is 9.97 Å². The Hall–Kier alpha value is -3.03. The first kappa shape index (κ1) is 20.3. The lowest BCUT2D eigenvalue weighted by molar-refractivity contribution is 0.102. The van der Waals surface area contributed by atoms with Gasteiger partial charge < -0.3 is 5.32 Å². The Labute approximate surface area is 182 Å². The highest BCUT2D eigenvalue weighted by molar-refractivity contribution is 7.98. The highest BCUT2D eigenvalue weighted by Gasteiger charge is 2.08. The summed E-state index contributed by atoms with van der Waals surface area (Å²) < 4.78 is 13.0.